The van der Waals surface area contributed by atoms with E-state index in [0.29, 0.717) is 10.8 Å². The van der Waals surface area contributed by atoms with Crippen molar-refractivity contribution < 1.29 is 0 Å². The Morgan fingerprint density at radius 3 is 2.52 bits per heavy atom. The van der Waals surface area contributed by atoms with E-state index < -0.39 is 0 Å². The first kappa shape index (κ1) is 14.5. The molecule has 4 aliphatic rings. The van der Waals surface area contributed by atoms with Gasteiger partial charge in [0, 0.05) is 31.2 Å². The Balaban J connectivity index is 1.60. The molecule has 2 bridgehead atoms. The fourth-order valence-corrected chi connectivity index (χ4v) is 6.84. The number of nitrogens with zero attached hydrogens (tertiary/aromatic N) is 2. The van der Waals surface area contributed by atoms with E-state index in [1.54, 1.807) is 0 Å². The zero-order chi connectivity index (χ0) is 14.8. The molecule has 2 saturated heterocycles. The van der Waals surface area contributed by atoms with E-state index in [4.69, 9.17) is 0 Å². The highest BCUT2D eigenvalue weighted by Crippen LogP contribution is 2.64. The van der Waals surface area contributed by atoms with E-state index in [1.165, 1.54) is 58.2 Å². The minimum absolute atomic E-state index is 0.526. The minimum atomic E-state index is 0.526. The van der Waals surface area contributed by atoms with E-state index in [9.17, 15) is 0 Å². The van der Waals surface area contributed by atoms with Gasteiger partial charge in [-0.3, -0.25) is 9.80 Å². The highest BCUT2D eigenvalue weighted by atomic mass is 15.3. The summed E-state index contributed by atoms with van der Waals surface area (Å²) in [6, 6.07) is 2.43. The van der Waals surface area contributed by atoms with Gasteiger partial charge in [-0.05, 0) is 62.3 Å². The fourth-order valence-electron chi connectivity index (χ4n) is 6.84. The van der Waals surface area contributed by atoms with Crippen molar-refractivity contribution in [1.29, 1.82) is 0 Å². The van der Waals surface area contributed by atoms with Gasteiger partial charge in [0.1, 0.15) is 0 Å². The molecule has 0 aromatic rings. The first-order valence-corrected chi connectivity index (χ1v) is 9.42. The second kappa shape index (κ2) is 4.71. The van der Waals surface area contributed by atoms with Crippen LogP contribution in [0.5, 0.6) is 0 Å². The maximum atomic E-state index is 2.96. The summed E-state index contributed by atoms with van der Waals surface area (Å²) in [5.41, 5.74) is 1.12. The Labute approximate surface area is 131 Å². The molecule has 0 amide bonds. The third-order valence-electron chi connectivity index (χ3n) is 7.76. The van der Waals surface area contributed by atoms with Crippen LogP contribution in [0.4, 0.5) is 0 Å². The van der Waals surface area contributed by atoms with Crippen LogP contribution >= 0.6 is 0 Å². The first-order valence-electron chi connectivity index (χ1n) is 9.42. The maximum Gasteiger partial charge on any atom is 0.0224 e. The lowest BCUT2D eigenvalue weighted by atomic mass is 9.67. The van der Waals surface area contributed by atoms with E-state index in [2.05, 4.69) is 37.5 Å². The number of rotatable bonds is 1. The highest BCUT2D eigenvalue weighted by molar-refractivity contribution is 5.14. The molecule has 2 aliphatic heterocycles. The fraction of sp³-hybridized carbons (Fsp3) is 1.00. The molecule has 0 spiro atoms. The summed E-state index contributed by atoms with van der Waals surface area (Å²) in [5.74, 6) is 0.976. The van der Waals surface area contributed by atoms with Crippen molar-refractivity contribution in [2.45, 2.75) is 84.3 Å². The van der Waals surface area contributed by atoms with Gasteiger partial charge in [-0.25, -0.2) is 0 Å². The van der Waals surface area contributed by atoms with Crippen LogP contribution in [0.3, 0.4) is 0 Å². The second-order valence-corrected chi connectivity index (χ2v) is 9.51. The lowest BCUT2D eigenvalue weighted by molar-refractivity contribution is -0.0745. The normalized spacial score (nSPS) is 50.3. The van der Waals surface area contributed by atoms with Crippen molar-refractivity contribution >= 4 is 0 Å². The predicted molar refractivity (Wildman–Crippen MR) is 88.4 cm³/mol. The topological polar surface area (TPSA) is 6.48 Å². The van der Waals surface area contributed by atoms with Gasteiger partial charge in [0.25, 0.3) is 0 Å². The summed E-state index contributed by atoms with van der Waals surface area (Å²) in [7, 11) is 0. The molecule has 0 radical (unpaired) electrons. The SMILES string of the molecule is CC1CN2CCCCC2CN1C1C2(C)CCC(C2)C1(C)C. The lowest BCUT2D eigenvalue weighted by Crippen LogP contribution is -2.65. The third-order valence-corrected chi connectivity index (χ3v) is 7.76. The molecule has 120 valence electrons. The van der Waals surface area contributed by atoms with Crippen molar-refractivity contribution in [2.24, 2.45) is 16.7 Å². The van der Waals surface area contributed by atoms with Crippen molar-refractivity contribution in [1.82, 2.24) is 9.80 Å². The molecule has 2 aliphatic carbocycles. The number of piperidine rings is 1. The van der Waals surface area contributed by atoms with Crippen molar-refractivity contribution in [3.8, 4) is 0 Å². The van der Waals surface area contributed by atoms with E-state index >= 15 is 0 Å². The van der Waals surface area contributed by atoms with Gasteiger partial charge in [0.2, 0.25) is 0 Å². The number of hydrogen-bond acceptors (Lipinski definition) is 2. The molecule has 0 N–H and O–H groups in total. The molecule has 5 atom stereocenters. The Bertz CT molecular complexity index is 413. The van der Waals surface area contributed by atoms with Crippen LogP contribution in [0.15, 0.2) is 0 Å². The lowest BCUT2D eigenvalue weighted by Gasteiger charge is -2.56. The van der Waals surface area contributed by atoms with Gasteiger partial charge in [-0.1, -0.05) is 27.2 Å². The predicted octanol–water partition coefficient (Wildman–Crippen LogP) is 3.76. The van der Waals surface area contributed by atoms with E-state index in [0.717, 1.165) is 24.0 Å². The Hall–Kier alpha value is -0.0800. The number of hydrogen-bond donors (Lipinski definition) is 0. The molecule has 4 rings (SSSR count). The molecule has 5 unspecified atom stereocenters. The third kappa shape index (κ3) is 2.05. The van der Waals surface area contributed by atoms with Gasteiger partial charge >= 0.3 is 0 Å². The molecule has 2 heteroatoms. The van der Waals surface area contributed by atoms with Crippen LogP contribution in [0.2, 0.25) is 0 Å². The summed E-state index contributed by atoms with van der Waals surface area (Å²) in [5, 5.41) is 0. The molecule has 0 aromatic heterocycles. The molecule has 21 heavy (non-hydrogen) atoms. The van der Waals surface area contributed by atoms with Gasteiger partial charge in [0.05, 0.1) is 0 Å². The van der Waals surface area contributed by atoms with Gasteiger partial charge in [-0.15, -0.1) is 0 Å². The smallest absolute Gasteiger partial charge is 0.0224 e. The number of piperazine rings is 1. The molecule has 2 heterocycles. The van der Waals surface area contributed by atoms with E-state index in [-0.39, 0.29) is 0 Å². The van der Waals surface area contributed by atoms with Crippen molar-refractivity contribution in [3.05, 3.63) is 0 Å². The van der Waals surface area contributed by atoms with Crippen LogP contribution < -0.4 is 0 Å². The monoisotopic (exact) mass is 290 g/mol. The Morgan fingerprint density at radius 1 is 1.00 bits per heavy atom. The Morgan fingerprint density at radius 2 is 1.81 bits per heavy atom. The van der Waals surface area contributed by atoms with Gasteiger partial charge in [0.15, 0.2) is 0 Å². The van der Waals surface area contributed by atoms with Crippen LogP contribution in [0, 0.1) is 16.7 Å². The quantitative estimate of drug-likeness (QED) is 0.725. The van der Waals surface area contributed by atoms with Crippen LogP contribution in [-0.4, -0.2) is 47.6 Å². The van der Waals surface area contributed by atoms with Crippen molar-refractivity contribution in [2.75, 3.05) is 19.6 Å². The second-order valence-electron chi connectivity index (χ2n) is 9.51. The molecular weight excluding hydrogens is 256 g/mol. The standard InChI is InChI=1S/C19H34N2/c1-14-12-20-10-6-5-7-16(20)13-21(14)17-18(2,3)15-8-9-19(17,4)11-15/h14-17H,5-13H2,1-4H3. The summed E-state index contributed by atoms with van der Waals surface area (Å²) in [6.45, 7) is 14.3. The summed E-state index contributed by atoms with van der Waals surface area (Å²) in [6.07, 6.45) is 8.77. The highest BCUT2D eigenvalue weighted by Gasteiger charge is 2.62. The van der Waals surface area contributed by atoms with Gasteiger partial charge < -0.3 is 0 Å². The summed E-state index contributed by atoms with van der Waals surface area (Å²) in [4.78, 5) is 5.76. The summed E-state index contributed by atoms with van der Waals surface area (Å²) >= 11 is 0. The summed E-state index contributed by atoms with van der Waals surface area (Å²) < 4.78 is 0. The molecule has 4 fully saturated rings. The van der Waals surface area contributed by atoms with E-state index in [1.807, 2.05) is 0 Å². The average Bonchev–Trinajstić information content (AvgIpc) is 2.90. The number of fused-ring (bicyclic) bond motifs is 3. The molecular formula is C19H34N2. The van der Waals surface area contributed by atoms with Gasteiger partial charge in [-0.2, -0.15) is 0 Å². The molecule has 2 saturated carbocycles. The first-order chi connectivity index (χ1) is 9.92. The maximum absolute atomic E-state index is 2.96. The molecule has 0 aromatic carbocycles. The van der Waals surface area contributed by atoms with Crippen LogP contribution in [-0.2, 0) is 0 Å². The zero-order valence-corrected chi connectivity index (χ0v) is 14.6. The average molecular weight is 290 g/mol. The Kier molecular flexibility index (Phi) is 3.25. The minimum Gasteiger partial charge on any atom is -0.298 e. The molecule has 2 nitrogen and oxygen atoms in total. The van der Waals surface area contributed by atoms with Crippen LogP contribution in [0.25, 0.3) is 0 Å². The van der Waals surface area contributed by atoms with Crippen LogP contribution in [0.1, 0.15) is 66.2 Å². The van der Waals surface area contributed by atoms with Crippen molar-refractivity contribution in [3.63, 3.8) is 0 Å². The largest absolute Gasteiger partial charge is 0.298 e. The zero-order valence-electron chi connectivity index (χ0n) is 14.6.